The summed E-state index contributed by atoms with van der Waals surface area (Å²) in [7, 11) is 1.46. The molecule has 32 heavy (non-hydrogen) atoms. The molecule has 0 saturated carbocycles. The van der Waals surface area contributed by atoms with E-state index in [0.717, 1.165) is 4.52 Å². The van der Waals surface area contributed by atoms with E-state index in [1.807, 2.05) is 6.07 Å². The average molecular weight is 427 g/mol. The molecule has 0 fully saturated rings. The van der Waals surface area contributed by atoms with Crippen molar-refractivity contribution in [2.75, 3.05) is 7.11 Å². The molecule has 0 unspecified atom stereocenters. The quantitative estimate of drug-likeness (QED) is 0.445. The zero-order valence-corrected chi connectivity index (χ0v) is 16.5. The molecule has 0 amide bonds. The third-order valence-corrected chi connectivity index (χ3v) is 4.98. The van der Waals surface area contributed by atoms with E-state index in [0.29, 0.717) is 28.0 Å². The number of hydrogen-bond donors (Lipinski definition) is 2. The van der Waals surface area contributed by atoms with Crippen LogP contribution in [0.25, 0.3) is 39.3 Å². The number of carboxylic acids is 1. The van der Waals surface area contributed by atoms with Gasteiger partial charge in [0.1, 0.15) is 28.7 Å². The molecule has 0 aliphatic carbocycles. The second-order valence-corrected chi connectivity index (χ2v) is 6.77. The number of carboxylic acid groups (broad SMARTS) is 1. The van der Waals surface area contributed by atoms with Gasteiger partial charge in [-0.25, -0.2) is 9.78 Å². The minimum atomic E-state index is -1.40. The molecule has 5 rings (SSSR count). The smallest absolute Gasteiger partial charge is 0.353 e. The van der Waals surface area contributed by atoms with Gasteiger partial charge in [-0.15, -0.1) is 0 Å². The number of aromatic carboxylic acids is 1. The summed E-state index contributed by atoms with van der Waals surface area (Å²) >= 11 is 0. The van der Waals surface area contributed by atoms with E-state index in [1.54, 1.807) is 48.5 Å². The SMILES string of the molecule is COc1cccc2oc(-c3c(C(=O)O)[nH]c4c(-c5ccccc5)c(C#N)nn4c3=O)nc12. The number of nitrogens with one attached hydrogen (secondary N) is 1. The van der Waals surface area contributed by atoms with Crippen LogP contribution >= 0.6 is 0 Å². The van der Waals surface area contributed by atoms with E-state index in [1.165, 1.54) is 7.11 Å². The van der Waals surface area contributed by atoms with E-state index < -0.39 is 17.2 Å². The van der Waals surface area contributed by atoms with Gasteiger partial charge in [0.05, 0.1) is 12.7 Å². The Morgan fingerprint density at radius 3 is 2.66 bits per heavy atom. The number of H-pyrrole nitrogens is 1. The molecule has 156 valence electrons. The minimum Gasteiger partial charge on any atom is -0.494 e. The number of carbonyl (C=O) groups is 1. The summed E-state index contributed by atoms with van der Waals surface area (Å²) in [6.07, 6.45) is 0. The summed E-state index contributed by atoms with van der Waals surface area (Å²) in [5.41, 5.74) is 0.0702. The Labute approximate surface area is 178 Å². The van der Waals surface area contributed by atoms with Gasteiger partial charge in [-0.3, -0.25) is 4.79 Å². The number of hydrogen-bond acceptors (Lipinski definition) is 7. The van der Waals surface area contributed by atoms with Crippen molar-refractivity contribution >= 4 is 22.7 Å². The van der Waals surface area contributed by atoms with Gasteiger partial charge < -0.3 is 19.2 Å². The normalized spacial score (nSPS) is 11.0. The third kappa shape index (κ3) is 2.73. The number of nitrogens with zero attached hydrogens (tertiary/aromatic N) is 4. The van der Waals surface area contributed by atoms with Gasteiger partial charge in [0.25, 0.3) is 5.56 Å². The number of benzene rings is 2. The van der Waals surface area contributed by atoms with Crippen LogP contribution < -0.4 is 10.3 Å². The van der Waals surface area contributed by atoms with Crippen LogP contribution in [0, 0.1) is 11.3 Å². The molecule has 0 aliphatic heterocycles. The Morgan fingerprint density at radius 1 is 1.19 bits per heavy atom. The van der Waals surface area contributed by atoms with E-state index in [9.17, 15) is 20.0 Å². The summed E-state index contributed by atoms with van der Waals surface area (Å²) in [5, 5.41) is 23.5. The summed E-state index contributed by atoms with van der Waals surface area (Å²) in [5.74, 6) is -1.20. The van der Waals surface area contributed by atoms with Gasteiger partial charge in [0, 0.05) is 0 Å². The number of aromatic nitrogens is 4. The van der Waals surface area contributed by atoms with Crippen molar-refractivity contribution in [2.24, 2.45) is 0 Å². The lowest BCUT2D eigenvalue weighted by molar-refractivity contribution is 0.0691. The lowest BCUT2D eigenvalue weighted by Gasteiger charge is -2.05. The maximum absolute atomic E-state index is 13.4. The summed E-state index contributed by atoms with van der Waals surface area (Å²) in [6.45, 7) is 0. The Bertz CT molecular complexity index is 1620. The highest BCUT2D eigenvalue weighted by atomic mass is 16.5. The number of nitriles is 1. The van der Waals surface area contributed by atoms with E-state index in [-0.39, 0.29) is 22.8 Å². The van der Waals surface area contributed by atoms with Gasteiger partial charge >= 0.3 is 5.97 Å². The first-order valence-corrected chi connectivity index (χ1v) is 9.35. The molecule has 0 radical (unpaired) electrons. The molecule has 2 aromatic carbocycles. The number of aromatic amines is 1. The zero-order valence-electron chi connectivity index (χ0n) is 16.5. The predicted octanol–water partition coefficient (Wildman–Crippen LogP) is 3.08. The fourth-order valence-electron chi connectivity index (χ4n) is 3.58. The average Bonchev–Trinajstić information content (AvgIpc) is 3.40. The summed E-state index contributed by atoms with van der Waals surface area (Å²) in [6, 6.07) is 15.7. The van der Waals surface area contributed by atoms with Gasteiger partial charge in [-0.05, 0) is 17.7 Å². The fourth-order valence-corrected chi connectivity index (χ4v) is 3.58. The molecule has 0 atom stereocenters. The van der Waals surface area contributed by atoms with Crippen LogP contribution in [0.3, 0.4) is 0 Å². The van der Waals surface area contributed by atoms with Crippen LogP contribution in [0.2, 0.25) is 0 Å². The first kappa shape index (κ1) is 19.1. The van der Waals surface area contributed by atoms with Gasteiger partial charge in [-0.1, -0.05) is 36.4 Å². The molecule has 3 heterocycles. The van der Waals surface area contributed by atoms with Crippen molar-refractivity contribution in [3.05, 3.63) is 70.3 Å². The third-order valence-electron chi connectivity index (χ3n) is 4.98. The molecule has 0 spiro atoms. The lowest BCUT2D eigenvalue weighted by atomic mass is 10.1. The predicted molar refractivity (Wildman–Crippen MR) is 112 cm³/mol. The second kappa shape index (κ2) is 7.10. The van der Waals surface area contributed by atoms with E-state index in [2.05, 4.69) is 15.1 Å². The number of rotatable bonds is 4. The van der Waals surface area contributed by atoms with Crippen molar-refractivity contribution in [3.8, 4) is 34.4 Å². The molecule has 0 bridgehead atoms. The van der Waals surface area contributed by atoms with Crippen molar-refractivity contribution in [2.45, 2.75) is 0 Å². The van der Waals surface area contributed by atoms with E-state index in [4.69, 9.17) is 9.15 Å². The van der Waals surface area contributed by atoms with E-state index >= 15 is 0 Å². The zero-order chi connectivity index (χ0) is 22.4. The molecule has 0 saturated heterocycles. The van der Waals surface area contributed by atoms with Crippen LogP contribution in [-0.2, 0) is 0 Å². The van der Waals surface area contributed by atoms with Crippen LogP contribution in [0.15, 0.2) is 57.7 Å². The van der Waals surface area contributed by atoms with Gasteiger partial charge in [0.2, 0.25) is 5.89 Å². The highest BCUT2D eigenvalue weighted by Gasteiger charge is 2.27. The van der Waals surface area contributed by atoms with Crippen LogP contribution in [0.1, 0.15) is 16.2 Å². The largest absolute Gasteiger partial charge is 0.494 e. The maximum atomic E-state index is 13.4. The highest BCUT2D eigenvalue weighted by molar-refractivity contribution is 5.95. The lowest BCUT2D eigenvalue weighted by Crippen LogP contribution is -2.22. The van der Waals surface area contributed by atoms with Crippen molar-refractivity contribution < 1.29 is 19.1 Å². The number of fused-ring (bicyclic) bond motifs is 2. The standard InChI is InChI=1S/C22H13N5O5/c1-31-13-8-5-9-14-17(13)25-20(32-14)16-18(22(29)30)24-19-15(11-6-3-2-4-7-11)12(10-23)26-27(19)21(16)28/h2-9,24H,1H3,(H,29,30). The molecule has 2 N–H and O–H groups in total. The molecule has 0 aliphatic rings. The van der Waals surface area contributed by atoms with Crippen molar-refractivity contribution in [1.29, 1.82) is 5.26 Å². The molecular weight excluding hydrogens is 414 g/mol. The number of ether oxygens (including phenoxy) is 1. The summed E-state index contributed by atoms with van der Waals surface area (Å²) in [4.78, 5) is 32.5. The Balaban J connectivity index is 1.87. The first-order chi connectivity index (χ1) is 15.5. The number of oxazole rings is 1. The number of methoxy groups -OCH3 is 1. The van der Waals surface area contributed by atoms with Crippen molar-refractivity contribution in [3.63, 3.8) is 0 Å². The monoisotopic (exact) mass is 427 g/mol. The minimum absolute atomic E-state index is 0.0303. The Hall–Kier alpha value is -4.91. The molecule has 10 heteroatoms. The Kier molecular flexibility index (Phi) is 4.23. The molecule has 3 aromatic heterocycles. The topological polar surface area (TPSA) is 147 Å². The van der Waals surface area contributed by atoms with Crippen molar-refractivity contribution in [1.82, 2.24) is 19.6 Å². The molecule has 10 nitrogen and oxygen atoms in total. The van der Waals surface area contributed by atoms with Crippen LogP contribution in [0.4, 0.5) is 0 Å². The number of para-hydroxylation sites is 1. The maximum Gasteiger partial charge on any atom is 0.353 e. The van der Waals surface area contributed by atoms with Crippen LogP contribution in [0.5, 0.6) is 5.75 Å². The second-order valence-electron chi connectivity index (χ2n) is 6.77. The Morgan fingerprint density at radius 2 is 1.97 bits per heavy atom. The fraction of sp³-hybridized carbons (Fsp3) is 0.0455. The molecule has 5 aromatic rings. The summed E-state index contributed by atoms with van der Waals surface area (Å²) < 4.78 is 11.9. The highest BCUT2D eigenvalue weighted by Crippen LogP contribution is 2.31. The molecular formula is C22H13N5O5. The van der Waals surface area contributed by atoms with Gasteiger partial charge in [-0.2, -0.15) is 14.9 Å². The van der Waals surface area contributed by atoms with Crippen LogP contribution in [-0.4, -0.2) is 37.8 Å². The van der Waals surface area contributed by atoms with Gasteiger partial charge in [0.15, 0.2) is 16.8 Å². The first-order valence-electron chi connectivity index (χ1n) is 9.35.